The van der Waals surface area contributed by atoms with Crippen molar-refractivity contribution < 1.29 is 9.53 Å². The Hall–Kier alpha value is -0.810. The number of amides is 1. The van der Waals surface area contributed by atoms with Gasteiger partial charge in [0.25, 0.3) is 0 Å². The Morgan fingerprint density at radius 1 is 1.17 bits per heavy atom. The highest BCUT2D eigenvalue weighted by molar-refractivity contribution is 5.68. The second kappa shape index (κ2) is 8.34. The number of nitrogens with one attached hydrogen (secondary N) is 2. The summed E-state index contributed by atoms with van der Waals surface area (Å²) in [5, 5.41) is 6.75. The van der Waals surface area contributed by atoms with Crippen molar-refractivity contribution in [1.29, 1.82) is 0 Å². The zero-order valence-electron chi connectivity index (χ0n) is 15.4. The molecule has 134 valence electrons. The van der Waals surface area contributed by atoms with Gasteiger partial charge in [-0.1, -0.05) is 0 Å². The third-order valence-corrected chi connectivity index (χ3v) is 4.86. The van der Waals surface area contributed by atoms with Crippen LogP contribution in [0.2, 0.25) is 0 Å². The summed E-state index contributed by atoms with van der Waals surface area (Å²) in [6.07, 6.45) is 6.83. The van der Waals surface area contributed by atoms with Gasteiger partial charge in [-0.05, 0) is 79.3 Å². The van der Waals surface area contributed by atoms with E-state index < -0.39 is 5.60 Å². The molecule has 3 atom stereocenters. The van der Waals surface area contributed by atoms with Crippen molar-refractivity contribution in [2.24, 2.45) is 0 Å². The molecule has 0 aromatic heterocycles. The smallest absolute Gasteiger partial charge is 0.407 e. The summed E-state index contributed by atoms with van der Waals surface area (Å²) >= 11 is 0. The van der Waals surface area contributed by atoms with E-state index in [1.54, 1.807) is 0 Å². The summed E-state index contributed by atoms with van der Waals surface area (Å²) in [6.45, 7) is 11.6. The van der Waals surface area contributed by atoms with Crippen LogP contribution in [0.25, 0.3) is 0 Å². The van der Waals surface area contributed by atoms with Crippen molar-refractivity contribution in [2.75, 3.05) is 19.6 Å². The molecular weight excluding hydrogens is 290 g/mol. The second-order valence-electron chi connectivity index (χ2n) is 8.21. The van der Waals surface area contributed by atoms with Gasteiger partial charge < -0.3 is 15.4 Å². The predicted molar refractivity (Wildman–Crippen MR) is 93.7 cm³/mol. The van der Waals surface area contributed by atoms with Crippen molar-refractivity contribution in [3.05, 3.63) is 0 Å². The normalized spacial score (nSPS) is 27.7. The average molecular weight is 325 g/mol. The summed E-state index contributed by atoms with van der Waals surface area (Å²) < 4.78 is 5.36. The number of carbonyl (C=O) groups excluding carboxylic acids is 1. The molecule has 3 unspecified atom stereocenters. The van der Waals surface area contributed by atoms with E-state index in [1.165, 1.54) is 32.4 Å². The minimum atomic E-state index is -0.429. The monoisotopic (exact) mass is 325 g/mol. The van der Waals surface area contributed by atoms with Crippen LogP contribution in [-0.2, 0) is 4.74 Å². The Labute approximate surface area is 141 Å². The van der Waals surface area contributed by atoms with Gasteiger partial charge in [0, 0.05) is 24.7 Å². The van der Waals surface area contributed by atoms with E-state index in [0.29, 0.717) is 12.1 Å². The van der Waals surface area contributed by atoms with Crippen molar-refractivity contribution in [3.8, 4) is 0 Å². The average Bonchev–Trinajstić information content (AvgIpc) is 2.97. The third-order valence-electron chi connectivity index (χ3n) is 4.86. The lowest BCUT2D eigenvalue weighted by Crippen LogP contribution is -2.48. The minimum Gasteiger partial charge on any atom is -0.444 e. The Morgan fingerprint density at radius 3 is 2.48 bits per heavy atom. The van der Waals surface area contributed by atoms with Gasteiger partial charge in [0.15, 0.2) is 0 Å². The molecule has 2 N–H and O–H groups in total. The highest BCUT2D eigenvalue weighted by Crippen LogP contribution is 2.20. The number of carbonyl (C=O) groups is 1. The molecular formula is C18H35N3O2. The van der Waals surface area contributed by atoms with Crippen molar-refractivity contribution in [2.45, 2.75) is 89.9 Å². The number of alkyl carbamates (subject to hydrolysis) is 1. The third kappa shape index (κ3) is 6.68. The van der Waals surface area contributed by atoms with E-state index in [0.717, 1.165) is 25.8 Å². The van der Waals surface area contributed by atoms with Crippen LogP contribution in [-0.4, -0.2) is 54.4 Å². The van der Waals surface area contributed by atoms with Gasteiger partial charge in [0.2, 0.25) is 0 Å². The summed E-state index contributed by atoms with van der Waals surface area (Å²) in [7, 11) is 0. The molecule has 1 saturated heterocycles. The molecule has 1 saturated carbocycles. The first-order valence-electron chi connectivity index (χ1n) is 9.30. The molecule has 2 fully saturated rings. The van der Waals surface area contributed by atoms with E-state index in [9.17, 15) is 4.79 Å². The molecule has 5 heteroatoms. The largest absolute Gasteiger partial charge is 0.444 e. The highest BCUT2D eigenvalue weighted by Gasteiger charge is 2.26. The Balaban J connectivity index is 1.69. The highest BCUT2D eigenvalue weighted by atomic mass is 16.6. The number of hydrogen-bond donors (Lipinski definition) is 2. The first-order chi connectivity index (χ1) is 10.8. The topological polar surface area (TPSA) is 53.6 Å². The predicted octanol–water partition coefficient (Wildman–Crippen LogP) is 2.90. The molecule has 2 aliphatic rings. The van der Waals surface area contributed by atoms with E-state index in [1.807, 2.05) is 20.8 Å². The fourth-order valence-electron chi connectivity index (χ4n) is 3.63. The van der Waals surface area contributed by atoms with Crippen molar-refractivity contribution >= 4 is 6.09 Å². The quantitative estimate of drug-likeness (QED) is 0.816. The lowest BCUT2D eigenvalue weighted by Gasteiger charge is -2.33. The summed E-state index contributed by atoms with van der Waals surface area (Å²) in [4.78, 5) is 14.5. The summed E-state index contributed by atoms with van der Waals surface area (Å²) in [5.74, 6) is 0. The first-order valence-corrected chi connectivity index (χ1v) is 9.30. The Bertz CT molecular complexity index is 375. The number of nitrogens with zero attached hydrogens (tertiary/aromatic N) is 1. The van der Waals surface area contributed by atoms with Crippen molar-refractivity contribution in [3.63, 3.8) is 0 Å². The van der Waals surface area contributed by atoms with Gasteiger partial charge in [-0.15, -0.1) is 0 Å². The molecule has 0 radical (unpaired) electrons. The standard InChI is InChI=1S/C18H35N3O2/c1-14(21-10-5-6-11-21)13-19-15-8-7-9-16(12-15)20-17(22)23-18(2,3)4/h14-16,19H,5-13H2,1-4H3,(H,20,22). The number of rotatable bonds is 5. The van der Waals surface area contributed by atoms with Crippen LogP contribution in [0, 0.1) is 0 Å². The van der Waals surface area contributed by atoms with Gasteiger partial charge in [0.1, 0.15) is 5.60 Å². The van der Waals surface area contributed by atoms with Gasteiger partial charge in [0.05, 0.1) is 0 Å². The van der Waals surface area contributed by atoms with E-state index in [-0.39, 0.29) is 12.1 Å². The molecule has 5 nitrogen and oxygen atoms in total. The maximum Gasteiger partial charge on any atom is 0.407 e. The van der Waals surface area contributed by atoms with Gasteiger partial charge in [-0.25, -0.2) is 4.79 Å². The van der Waals surface area contributed by atoms with Gasteiger partial charge in [-0.3, -0.25) is 4.90 Å². The maximum absolute atomic E-state index is 11.9. The fourth-order valence-corrected chi connectivity index (χ4v) is 3.63. The van der Waals surface area contributed by atoms with Crippen molar-refractivity contribution in [1.82, 2.24) is 15.5 Å². The summed E-state index contributed by atoms with van der Waals surface area (Å²) in [6, 6.07) is 1.35. The lowest BCUT2D eigenvalue weighted by molar-refractivity contribution is 0.0488. The number of likely N-dealkylation sites (tertiary alicyclic amines) is 1. The van der Waals surface area contributed by atoms with Crippen LogP contribution in [0.4, 0.5) is 4.79 Å². The second-order valence-corrected chi connectivity index (χ2v) is 8.21. The SMILES string of the molecule is CC(CNC1CCCC(NC(=O)OC(C)(C)C)C1)N1CCCC1. The minimum absolute atomic E-state index is 0.234. The maximum atomic E-state index is 11.9. The molecule has 0 spiro atoms. The molecule has 2 rings (SSSR count). The van der Waals surface area contributed by atoms with Crippen LogP contribution in [0.1, 0.15) is 66.2 Å². The molecule has 23 heavy (non-hydrogen) atoms. The first kappa shape index (κ1) is 18.5. The van der Waals surface area contributed by atoms with Gasteiger partial charge >= 0.3 is 6.09 Å². The van der Waals surface area contributed by atoms with Crippen LogP contribution >= 0.6 is 0 Å². The Kier molecular flexibility index (Phi) is 6.72. The van der Waals surface area contributed by atoms with Gasteiger partial charge in [-0.2, -0.15) is 0 Å². The number of hydrogen-bond acceptors (Lipinski definition) is 4. The number of ether oxygens (including phenoxy) is 1. The van der Waals surface area contributed by atoms with E-state index >= 15 is 0 Å². The molecule has 1 aliphatic carbocycles. The molecule has 0 bridgehead atoms. The Morgan fingerprint density at radius 2 is 1.83 bits per heavy atom. The molecule has 1 heterocycles. The molecule has 1 aliphatic heterocycles. The van der Waals surface area contributed by atoms with Crippen LogP contribution < -0.4 is 10.6 Å². The lowest BCUT2D eigenvalue weighted by atomic mass is 9.91. The van der Waals surface area contributed by atoms with Crippen LogP contribution in [0.5, 0.6) is 0 Å². The zero-order valence-corrected chi connectivity index (χ0v) is 15.4. The molecule has 1 amide bonds. The molecule has 0 aromatic rings. The van der Waals surface area contributed by atoms with E-state index in [4.69, 9.17) is 4.74 Å². The summed E-state index contributed by atoms with van der Waals surface area (Å²) in [5.41, 5.74) is -0.429. The fraction of sp³-hybridized carbons (Fsp3) is 0.944. The van der Waals surface area contributed by atoms with Crippen LogP contribution in [0.15, 0.2) is 0 Å². The molecule has 0 aromatic carbocycles. The van der Waals surface area contributed by atoms with Crippen LogP contribution in [0.3, 0.4) is 0 Å². The van der Waals surface area contributed by atoms with E-state index in [2.05, 4.69) is 22.5 Å². The zero-order chi connectivity index (χ0) is 16.9.